The lowest BCUT2D eigenvalue weighted by atomic mass is 10.1. The third kappa shape index (κ3) is 3.42. The number of nitrogens with zero attached hydrogens (tertiary/aromatic N) is 2. The maximum Gasteiger partial charge on any atom is 0.182 e. The van der Waals surface area contributed by atoms with Crippen LogP contribution in [0.1, 0.15) is 43.6 Å². The van der Waals surface area contributed by atoms with Gasteiger partial charge in [0.2, 0.25) is 0 Å². The average Bonchev–Trinajstić information content (AvgIpc) is 2.58. The summed E-state index contributed by atoms with van der Waals surface area (Å²) in [5.41, 5.74) is 6.32. The van der Waals surface area contributed by atoms with Gasteiger partial charge in [0.05, 0.1) is 10.7 Å². The molecule has 1 atom stereocenters. The van der Waals surface area contributed by atoms with Gasteiger partial charge in [-0.1, -0.05) is 0 Å². The SMILES string of the molecule is CCn1ncc(Br)c1C(=O)CCCC(C)N. The van der Waals surface area contributed by atoms with Crippen LogP contribution in [0.15, 0.2) is 10.7 Å². The molecular weight excluding hydrogens is 270 g/mol. The van der Waals surface area contributed by atoms with Crippen LogP contribution in [0, 0.1) is 0 Å². The minimum atomic E-state index is 0.131. The van der Waals surface area contributed by atoms with Crippen molar-refractivity contribution in [2.24, 2.45) is 5.73 Å². The number of rotatable bonds is 6. The zero-order chi connectivity index (χ0) is 12.1. The molecule has 1 unspecified atom stereocenters. The number of Topliss-reactive ketones (excluding diaryl/α,β-unsaturated/α-hetero) is 1. The largest absolute Gasteiger partial charge is 0.328 e. The first kappa shape index (κ1) is 13.4. The van der Waals surface area contributed by atoms with Gasteiger partial charge in [0, 0.05) is 19.0 Å². The van der Waals surface area contributed by atoms with Crippen LogP contribution in [-0.2, 0) is 6.54 Å². The molecule has 0 radical (unpaired) electrons. The number of nitrogens with two attached hydrogens (primary N) is 1. The highest BCUT2D eigenvalue weighted by Crippen LogP contribution is 2.18. The lowest BCUT2D eigenvalue weighted by molar-refractivity contribution is 0.0968. The van der Waals surface area contributed by atoms with Crippen molar-refractivity contribution in [2.45, 2.75) is 45.7 Å². The third-order valence-corrected chi connectivity index (χ3v) is 3.00. The Morgan fingerprint density at radius 3 is 2.94 bits per heavy atom. The number of halogens is 1. The van der Waals surface area contributed by atoms with Gasteiger partial charge in [-0.3, -0.25) is 9.48 Å². The zero-order valence-electron chi connectivity index (χ0n) is 9.74. The second kappa shape index (κ2) is 6.15. The molecule has 1 rings (SSSR count). The lowest BCUT2D eigenvalue weighted by Gasteiger charge is -2.06. The lowest BCUT2D eigenvalue weighted by Crippen LogP contribution is -2.15. The molecule has 4 nitrogen and oxygen atoms in total. The van der Waals surface area contributed by atoms with Gasteiger partial charge in [0.25, 0.3) is 0 Å². The van der Waals surface area contributed by atoms with E-state index in [4.69, 9.17) is 5.73 Å². The van der Waals surface area contributed by atoms with E-state index in [1.54, 1.807) is 10.9 Å². The molecule has 0 spiro atoms. The van der Waals surface area contributed by atoms with Gasteiger partial charge in [-0.05, 0) is 42.6 Å². The molecular formula is C11H18BrN3O. The van der Waals surface area contributed by atoms with E-state index < -0.39 is 0 Å². The standard InChI is InChI=1S/C11H18BrN3O/c1-3-15-11(9(12)7-14-15)10(16)6-4-5-8(2)13/h7-8H,3-6,13H2,1-2H3. The molecule has 0 aliphatic heterocycles. The second-order valence-electron chi connectivity index (χ2n) is 3.95. The Hall–Kier alpha value is -0.680. The Bertz CT molecular complexity index is 360. The van der Waals surface area contributed by atoms with Crippen molar-refractivity contribution in [3.8, 4) is 0 Å². The van der Waals surface area contributed by atoms with Crippen LogP contribution < -0.4 is 5.73 Å². The van der Waals surface area contributed by atoms with Crippen LogP contribution in [0.5, 0.6) is 0 Å². The van der Waals surface area contributed by atoms with Crippen molar-refractivity contribution in [3.63, 3.8) is 0 Å². The van der Waals surface area contributed by atoms with E-state index in [1.807, 2.05) is 13.8 Å². The summed E-state index contributed by atoms with van der Waals surface area (Å²) in [6.45, 7) is 4.63. The molecule has 16 heavy (non-hydrogen) atoms. The summed E-state index contributed by atoms with van der Waals surface area (Å²) in [7, 11) is 0. The van der Waals surface area contributed by atoms with Crippen molar-refractivity contribution in [1.29, 1.82) is 0 Å². The van der Waals surface area contributed by atoms with E-state index in [2.05, 4.69) is 21.0 Å². The normalized spacial score (nSPS) is 12.8. The topological polar surface area (TPSA) is 60.9 Å². The molecule has 1 heterocycles. The number of aromatic nitrogens is 2. The summed E-state index contributed by atoms with van der Waals surface area (Å²) in [6.07, 6.45) is 3.91. The Kier molecular flexibility index (Phi) is 5.15. The van der Waals surface area contributed by atoms with E-state index in [0.29, 0.717) is 18.7 Å². The number of ketones is 1. The molecule has 0 aliphatic rings. The summed E-state index contributed by atoms with van der Waals surface area (Å²) >= 11 is 3.35. The summed E-state index contributed by atoms with van der Waals surface area (Å²) in [5, 5.41) is 4.12. The number of aryl methyl sites for hydroxylation is 1. The Balaban J connectivity index is 2.62. The quantitative estimate of drug-likeness (QED) is 0.817. The van der Waals surface area contributed by atoms with E-state index in [9.17, 15) is 4.79 Å². The number of carbonyl (C=O) groups is 1. The van der Waals surface area contributed by atoms with Crippen LogP contribution in [-0.4, -0.2) is 21.6 Å². The minimum absolute atomic E-state index is 0.131. The van der Waals surface area contributed by atoms with Gasteiger partial charge >= 0.3 is 0 Å². The van der Waals surface area contributed by atoms with Crippen LogP contribution in [0.2, 0.25) is 0 Å². The molecule has 0 saturated heterocycles. The molecule has 0 aromatic carbocycles. The summed E-state index contributed by atoms with van der Waals surface area (Å²) in [6, 6.07) is 0.160. The first-order valence-corrected chi connectivity index (χ1v) is 6.35. The highest BCUT2D eigenvalue weighted by atomic mass is 79.9. The van der Waals surface area contributed by atoms with E-state index in [0.717, 1.165) is 17.3 Å². The van der Waals surface area contributed by atoms with E-state index in [-0.39, 0.29) is 11.8 Å². The van der Waals surface area contributed by atoms with Crippen molar-refractivity contribution < 1.29 is 4.79 Å². The zero-order valence-corrected chi connectivity index (χ0v) is 11.3. The predicted octanol–water partition coefficient (Wildman–Crippen LogP) is 2.37. The highest BCUT2D eigenvalue weighted by Gasteiger charge is 2.15. The van der Waals surface area contributed by atoms with E-state index in [1.165, 1.54) is 0 Å². The molecule has 0 bridgehead atoms. The van der Waals surface area contributed by atoms with Crippen molar-refractivity contribution in [2.75, 3.05) is 0 Å². The van der Waals surface area contributed by atoms with Gasteiger partial charge in [0.15, 0.2) is 5.78 Å². The van der Waals surface area contributed by atoms with Gasteiger partial charge < -0.3 is 5.73 Å². The first-order valence-electron chi connectivity index (χ1n) is 5.56. The van der Waals surface area contributed by atoms with Gasteiger partial charge in [0.1, 0.15) is 5.69 Å². The van der Waals surface area contributed by atoms with Crippen molar-refractivity contribution in [1.82, 2.24) is 9.78 Å². The maximum atomic E-state index is 12.0. The van der Waals surface area contributed by atoms with Gasteiger partial charge in [-0.2, -0.15) is 5.10 Å². The monoisotopic (exact) mass is 287 g/mol. The fourth-order valence-electron chi connectivity index (χ4n) is 1.58. The van der Waals surface area contributed by atoms with Crippen LogP contribution >= 0.6 is 15.9 Å². The number of carbonyl (C=O) groups excluding carboxylic acids is 1. The van der Waals surface area contributed by atoms with Gasteiger partial charge in [-0.15, -0.1) is 0 Å². The third-order valence-electron chi connectivity index (χ3n) is 2.42. The summed E-state index contributed by atoms with van der Waals surface area (Å²) in [4.78, 5) is 12.0. The molecule has 0 fully saturated rings. The minimum Gasteiger partial charge on any atom is -0.328 e. The van der Waals surface area contributed by atoms with E-state index >= 15 is 0 Å². The Morgan fingerprint density at radius 2 is 2.38 bits per heavy atom. The highest BCUT2D eigenvalue weighted by molar-refractivity contribution is 9.10. The maximum absolute atomic E-state index is 12.0. The Labute approximate surface area is 104 Å². The Morgan fingerprint density at radius 1 is 1.69 bits per heavy atom. The van der Waals surface area contributed by atoms with Crippen molar-refractivity contribution in [3.05, 3.63) is 16.4 Å². The molecule has 0 saturated carbocycles. The molecule has 0 amide bonds. The smallest absolute Gasteiger partial charge is 0.182 e. The van der Waals surface area contributed by atoms with Crippen molar-refractivity contribution >= 4 is 21.7 Å². The molecule has 90 valence electrons. The van der Waals surface area contributed by atoms with Crippen LogP contribution in [0.3, 0.4) is 0 Å². The molecule has 2 N–H and O–H groups in total. The fourth-order valence-corrected chi connectivity index (χ4v) is 2.10. The fraction of sp³-hybridized carbons (Fsp3) is 0.636. The van der Waals surface area contributed by atoms with Crippen LogP contribution in [0.25, 0.3) is 0 Å². The molecule has 0 aliphatic carbocycles. The number of hydrogen-bond acceptors (Lipinski definition) is 3. The van der Waals surface area contributed by atoms with Crippen LogP contribution in [0.4, 0.5) is 0 Å². The van der Waals surface area contributed by atoms with Gasteiger partial charge in [-0.25, -0.2) is 0 Å². The summed E-state index contributed by atoms with van der Waals surface area (Å²) < 4.78 is 2.50. The molecule has 1 aromatic rings. The average molecular weight is 288 g/mol. The predicted molar refractivity (Wildman–Crippen MR) is 67.4 cm³/mol. The molecule has 1 aromatic heterocycles. The number of hydrogen-bond donors (Lipinski definition) is 1. The second-order valence-corrected chi connectivity index (χ2v) is 4.80. The molecule has 5 heteroatoms. The first-order chi connectivity index (χ1) is 7.56. The summed E-state index contributed by atoms with van der Waals surface area (Å²) in [5.74, 6) is 0.131.